The van der Waals surface area contributed by atoms with E-state index in [4.69, 9.17) is 5.73 Å². The van der Waals surface area contributed by atoms with E-state index >= 15 is 0 Å². The van der Waals surface area contributed by atoms with Gasteiger partial charge in [-0.2, -0.15) is 5.10 Å². The zero-order chi connectivity index (χ0) is 20.9. The van der Waals surface area contributed by atoms with Crippen molar-refractivity contribution in [2.24, 2.45) is 33.5 Å². The summed E-state index contributed by atoms with van der Waals surface area (Å²) >= 11 is 0. The maximum atomic E-state index is 10.7. The Morgan fingerprint density at radius 3 is 2.68 bits per heavy atom. The SMILES string of the molecule is CC1=CCC2C(C)(C)CCCC2(C)C1CC/C(C)=C/CC/C(C)=N/NC(N)=O. The lowest BCUT2D eigenvalue weighted by molar-refractivity contribution is -0.0390. The average molecular weight is 388 g/mol. The minimum absolute atomic E-state index is 0.449. The third-order valence-electron chi connectivity index (χ3n) is 7.48. The number of hydrogen-bond acceptors (Lipinski definition) is 2. The van der Waals surface area contributed by atoms with Crippen LogP contribution in [0.15, 0.2) is 28.4 Å². The van der Waals surface area contributed by atoms with Gasteiger partial charge in [0, 0.05) is 5.71 Å². The highest BCUT2D eigenvalue weighted by atomic mass is 16.2. The van der Waals surface area contributed by atoms with Crippen LogP contribution in [0.5, 0.6) is 0 Å². The van der Waals surface area contributed by atoms with Crippen molar-refractivity contribution in [1.29, 1.82) is 0 Å². The summed E-state index contributed by atoms with van der Waals surface area (Å²) in [5.41, 5.74) is 12.2. The predicted octanol–water partition coefficient (Wildman–Crippen LogP) is 6.34. The molecule has 2 aliphatic carbocycles. The standard InChI is InChI=1S/C24H41N3O/c1-17(9-7-10-19(3)26-27-22(25)28)11-13-20-18(2)12-14-21-23(4,5)15-8-16-24(20,21)6/h9,12,20-21H,7-8,10-11,13-16H2,1-6H3,(H3,25,27,28)/b17-9+,26-19+. The van der Waals surface area contributed by atoms with Crippen molar-refractivity contribution in [1.82, 2.24) is 5.43 Å². The summed E-state index contributed by atoms with van der Waals surface area (Å²) in [6.07, 6.45) is 14.5. The van der Waals surface area contributed by atoms with E-state index in [1.54, 1.807) is 5.57 Å². The molecule has 0 radical (unpaired) electrons. The van der Waals surface area contributed by atoms with E-state index < -0.39 is 6.03 Å². The fourth-order valence-electron chi connectivity index (χ4n) is 5.90. The van der Waals surface area contributed by atoms with E-state index in [9.17, 15) is 4.79 Å². The lowest BCUT2D eigenvalue weighted by Gasteiger charge is -2.57. The molecular weight excluding hydrogens is 346 g/mol. The number of carbonyl (C=O) groups excluding carboxylic acids is 1. The van der Waals surface area contributed by atoms with Crippen molar-refractivity contribution < 1.29 is 4.79 Å². The third-order valence-corrected chi connectivity index (χ3v) is 7.48. The van der Waals surface area contributed by atoms with Crippen molar-refractivity contribution in [3.63, 3.8) is 0 Å². The molecule has 3 atom stereocenters. The molecule has 3 N–H and O–H groups in total. The fraction of sp³-hybridized carbons (Fsp3) is 0.750. The lowest BCUT2D eigenvalue weighted by Crippen LogP contribution is -2.48. The molecule has 1 saturated carbocycles. The molecule has 0 aromatic rings. The molecule has 0 aliphatic heterocycles. The molecule has 3 unspecified atom stereocenters. The van der Waals surface area contributed by atoms with E-state index in [1.165, 1.54) is 37.7 Å². The van der Waals surface area contributed by atoms with Crippen molar-refractivity contribution in [2.75, 3.05) is 0 Å². The van der Waals surface area contributed by atoms with E-state index in [-0.39, 0.29) is 0 Å². The number of amides is 2. The predicted molar refractivity (Wildman–Crippen MR) is 119 cm³/mol. The number of allylic oxidation sites excluding steroid dienone is 4. The summed E-state index contributed by atoms with van der Waals surface area (Å²) in [4.78, 5) is 10.7. The highest BCUT2D eigenvalue weighted by Gasteiger charge is 2.51. The Balaban J connectivity index is 1.95. The van der Waals surface area contributed by atoms with Crippen LogP contribution in [0, 0.1) is 22.7 Å². The first-order valence-corrected chi connectivity index (χ1v) is 11.0. The molecule has 1 fully saturated rings. The van der Waals surface area contributed by atoms with Crippen molar-refractivity contribution in [3.8, 4) is 0 Å². The maximum Gasteiger partial charge on any atom is 0.332 e. The second-order valence-electron chi connectivity index (χ2n) is 10.1. The number of nitrogens with one attached hydrogen (secondary N) is 1. The molecule has 0 aromatic carbocycles. The number of rotatable bonds is 7. The molecule has 0 aromatic heterocycles. The summed E-state index contributed by atoms with van der Waals surface area (Å²) in [5, 5.41) is 3.97. The van der Waals surface area contributed by atoms with Crippen LogP contribution in [-0.2, 0) is 0 Å². The maximum absolute atomic E-state index is 10.7. The number of hydrogen-bond donors (Lipinski definition) is 2. The van der Waals surface area contributed by atoms with Gasteiger partial charge in [-0.3, -0.25) is 0 Å². The summed E-state index contributed by atoms with van der Waals surface area (Å²) < 4.78 is 0. The fourth-order valence-corrected chi connectivity index (χ4v) is 5.90. The molecule has 4 heteroatoms. The summed E-state index contributed by atoms with van der Waals surface area (Å²) in [7, 11) is 0. The summed E-state index contributed by atoms with van der Waals surface area (Å²) in [6, 6.07) is -0.611. The van der Waals surface area contributed by atoms with E-state index in [0.717, 1.165) is 30.9 Å². The molecule has 0 spiro atoms. The Bertz CT molecular complexity index is 659. The molecule has 28 heavy (non-hydrogen) atoms. The number of hydrazone groups is 1. The van der Waals surface area contributed by atoms with Crippen molar-refractivity contribution >= 4 is 11.7 Å². The number of primary amides is 1. The molecule has 0 saturated heterocycles. The Morgan fingerprint density at radius 1 is 1.29 bits per heavy atom. The zero-order valence-corrected chi connectivity index (χ0v) is 18.9. The minimum Gasteiger partial charge on any atom is -0.350 e. The number of fused-ring (bicyclic) bond motifs is 1. The Labute approximate surface area is 172 Å². The van der Waals surface area contributed by atoms with Gasteiger partial charge in [-0.15, -0.1) is 0 Å². The van der Waals surface area contributed by atoms with Crippen LogP contribution in [-0.4, -0.2) is 11.7 Å². The molecule has 2 aliphatic rings. The van der Waals surface area contributed by atoms with Crippen LogP contribution < -0.4 is 11.2 Å². The first kappa shape index (κ1) is 22.7. The second-order valence-corrected chi connectivity index (χ2v) is 10.1. The number of nitrogens with zero attached hydrogens (tertiary/aromatic N) is 1. The Hall–Kier alpha value is -1.58. The van der Waals surface area contributed by atoms with Gasteiger partial charge in [-0.25, -0.2) is 10.2 Å². The van der Waals surface area contributed by atoms with Crippen molar-refractivity contribution in [2.45, 2.75) is 92.9 Å². The largest absolute Gasteiger partial charge is 0.350 e. The van der Waals surface area contributed by atoms with Crippen LogP contribution in [0.25, 0.3) is 0 Å². The van der Waals surface area contributed by atoms with E-state index in [1.807, 2.05) is 6.92 Å². The van der Waals surface area contributed by atoms with E-state index in [2.05, 4.69) is 57.3 Å². The quantitative estimate of drug-likeness (QED) is 0.299. The van der Waals surface area contributed by atoms with Crippen LogP contribution in [0.3, 0.4) is 0 Å². The molecule has 158 valence electrons. The topological polar surface area (TPSA) is 67.5 Å². The molecule has 2 amide bonds. The monoisotopic (exact) mass is 387 g/mol. The molecule has 0 heterocycles. The minimum atomic E-state index is -0.611. The van der Waals surface area contributed by atoms with Crippen LogP contribution in [0.4, 0.5) is 4.79 Å². The highest BCUT2D eigenvalue weighted by molar-refractivity contribution is 5.83. The van der Waals surface area contributed by atoms with Gasteiger partial charge in [0.05, 0.1) is 0 Å². The first-order chi connectivity index (χ1) is 13.1. The van der Waals surface area contributed by atoms with Gasteiger partial charge in [-0.1, -0.05) is 50.5 Å². The van der Waals surface area contributed by atoms with Crippen LogP contribution in [0.2, 0.25) is 0 Å². The summed E-state index contributed by atoms with van der Waals surface area (Å²) in [6.45, 7) is 14.1. The van der Waals surface area contributed by atoms with Gasteiger partial charge >= 0.3 is 6.03 Å². The molecule has 0 bridgehead atoms. The van der Waals surface area contributed by atoms with Gasteiger partial charge in [0.2, 0.25) is 0 Å². The molecular formula is C24H41N3O. The lowest BCUT2D eigenvalue weighted by atomic mass is 9.48. The zero-order valence-electron chi connectivity index (χ0n) is 18.9. The Kier molecular flexibility index (Phi) is 7.52. The van der Waals surface area contributed by atoms with Crippen molar-refractivity contribution in [3.05, 3.63) is 23.3 Å². The van der Waals surface area contributed by atoms with Gasteiger partial charge in [0.1, 0.15) is 0 Å². The normalized spacial score (nSPS) is 30.4. The Morgan fingerprint density at radius 2 is 2.00 bits per heavy atom. The smallest absolute Gasteiger partial charge is 0.332 e. The average Bonchev–Trinajstić information content (AvgIpc) is 2.58. The number of carbonyl (C=O) groups is 1. The summed E-state index contributed by atoms with van der Waals surface area (Å²) in [5.74, 6) is 1.51. The van der Waals surface area contributed by atoms with Gasteiger partial charge in [-0.05, 0) is 88.4 Å². The highest BCUT2D eigenvalue weighted by Crippen LogP contribution is 2.60. The van der Waals surface area contributed by atoms with Gasteiger partial charge in [0.25, 0.3) is 0 Å². The first-order valence-electron chi connectivity index (χ1n) is 11.0. The number of nitrogens with two attached hydrogens (primary N) is 1. The third kappa shape index (κ3) is 5.48. The van der Waals surface area contributed by atoms with Gasteiger partial charge in [0.15, 0.2) is 0 Å². The van der Waals surface area contributed by atoms with Crippen LogP contribution in [0.1, 0.15) is 92.9 Å². The number of urea groups is 1. The van der Waals surface area contributed by atoms with Gasteiger partial charge < -0.3 is 5.73 Å². The van der Waals surface area contributed by atoms with E-state index in [0.29, 0.717) is 16.7 Å². The molecule has 4 nitrogen and oxygen atoms in total. The second kappa shape index (κ2) is 9.28. The van der Waals surface area contributed by atoms with Crippen LogP contribution >= 0.6 is 0 Å². The molecule has 2 rings (SSSR count).